The lowest BCUT2D eigenvalue weighted by atomic mass is 10.1. The van der Waals surface area contributed by atoms with Crippen LogP contribution in [0.3, 0.4) is 0 Å². The van der Waals surface area contributed by atoms with E-state index in [-0.39, 0.29) is 0 Å². The SMILES string of the molecule is CCCCc1ccc(N2CCCNCC(C)C2)cc1. The van der Waals surface area contributed by atoms with Gasteiger partial charge in [0.25, 0.3) is 0 Å². The summed E-state index contributed by atoms with van der Waals surface area (Å²) in [5, 5.41) is 3.51. The maximum atomic E-state index is 3.51. The van der Waals surface area contributed by atoms with Crippen molar-refractivity contribution in [1.29, 1.82) is 0 Å². The Bertz CT molecular complexity index is 358. The van der Waals surface area contributed by atoms with E-state index >= 15 is 0 Å². The fourth-order valence-electron chi connectivity index (χ4n) is 2.76. The molecule has 1 heterocycles. The van der Waals surface area contributed by atoms with Crippen LogP contribution < -0.4 is 10.2 Å². The van der Waals surface area contributed by atoms with E-state index in [4.69, 9.17) is 0 Å². The molecule has 0 bridgehead atoms. The van der Waals surface area contributed by atoms with Crippen LogP contribution in [0.4, 0.5) is 5.69 Å². The molecule has 1 aliphatic heterocycles. The van der Waals surface area contributed by atoms with Crippen molar-refractivity contribution in [2.24, 2.45) is 5.92 Å². The lowest BCUT2D eigenvalue weighted by Crippen LogP contribution is -2.38. The second-order valence-corrected chi connectivity index (χ2v) is 5.88. The van der Waals surface area contributed by atoms with Crippen LogP contribution in [0, 0.1) is 5.92 Å². The quantitative estimate of drug-likeness (QED) is 0.892. The Morgan fingerprint density at radius 1 is 1.26 bits per heavy atom. The van der Waals surface area contributed by atoms with Crippen LogP contribution in [0.5, 0.6) is 0 Å². The molecule has 0 aromatic heterocycles. The third kappa shape index (κ3) is 4.54. The smallest absolute Gasteiger partial charge is 0.0366 e. The van der Waals surface area contributed by atoms with Gasteiger partial charge in [0.1, 0.15) is 0 Å². The number of unbranched alkanes of at least 4 members (excludes halogenated alkanes) is 1. The Morgan fingerprint density at radius 3 is 2.79 bits per heavy atom. The topological polar surface area (TPSA) is 15.3 Å². The number of rotatable bonds is 4. The molecule has 0 spiro atoms. The van der Waals surface area contributed by atoms with Crippen molar-refractivity contribution < 1.29 is 0 Å². The lowest BCUT2D eigenvalue weighted by molar-refractivity contribution is 0.468. The summed E-state index contributed by atoms with van der Waals surface area (Å²) in [6.07, 6.45) is 5.03. The molecule has 1 unspecified atom stereocenters. The molecule has 0 radical (unpaired) electrons. The van der Waals surface area contributed by atoms with Crippen LogP contribution in [-0.2, 0) is 6.42 Å². The van der Waals surface area contributed by atoms with Crippen LogP contribution in [0.15, 0.2) is 24.3 Å². The van der Waals surface area contributed by atoms with Gasteiger partial charge in [-0.25, -0.2) is 0 Å². The first-order valence-corrected chi connectivity index (χ1v) is 7.84. The molecule has 0 amide bonds. The highest BCUT2D eigenvalue weighted by Crippen LogP contribution is 2.19. The molecular formula is C17H28N2. The summed E-state index contributed by atoms with van der Waals surface area (Å²) in [5.41, 5.74) is 2.88. The van der Waals surface area contributed by atoms with Crippen LogP contribution in [0.2, 0.25) is 0 Å². The second kappa shape index (κ2) is 7.54. The van der Waals surface area contributed by atoms with Crippen LogP contribution >= 0.6 is 0 Å². The van der Waals surface area contributed by atoms with Crippen molar-refractivity contribution in [3.05, 3.63) is 29.8 Å². The van der Waals surface area contributed by atoms with E-state index in [9.17, 15) is 0 Å². The summed E-state index contributed by atoms with van der Waals surface area (Å²) in [6, 6.07) is 9.25. The van der Waals surface area contributed by atoms with Gasteiger partial charge in [-0.1, -0.05) is 32.4 Å². The highest BCUT2D eigenvalue weighted by Gasteiger charge is 2.13. The molecule has 1 saturated heterocycles. The molecule has 0 saturated carbocycles. The summed E-state index contributed by atoms with van der Waals surface area (Å²) in [7, 11) is 0. The molecule has 1 N–H and O–H groups in total. The van der Waals surface area contributed by atoms with E-state index in [1.54, 1.807) is 0 Å². The van der Waals surface area contributed by atoms with Crippen molar-refractivity contribution in [3.63, 3.8) is 0 Å². The molecule has 1 atom stereocenters. The highest BCUT2D eigenvalue weighted by molar-refractivity contribution is 5.47. The van der Waals surface area contributed by atoms with Crippen molar-refractivity contribution in [2.75, 3.05) is 31.1 Å². The van der Waals surface area contributed by atoms with Gasteiger partial charge in [0, 0.05) is 18.8 Å². The molecule has 1 aromatic carbocycles. The van der Waals surface area contributed by atoms with Crippen LogP contribution in [0.1, 0.15) is 38.7 Å². The standard InChI is InChI=1S/C17H28N2/c1-3-4-6-16-7-9-17(10-8-16)19-12-5-11-18-13-15(2)14-19/h7-10,15,18H,3-6,11-14H2,1-2H3. The maximum Gasteiger partial charge on any atom is 0.0366 e. The van der Waals surface area contributed by atoms with Crippen molar-refractivity contribution >= 4 is 5.69 Å². The number of benzene rings is 1. The zero-order valence-corrected chi connectivity index (χ0v) is 12.5. The number of hydrogen-bond acceptors (Lipinski definition) is 2. The van der Waals surface area contributed by atoms with Gasteiger partial charge >= 0.3 is 0 Å². The van der Waals surface area contributed by atoms with Gasteiger partial charge in [0.2, 0.25) is 0 Å². The monoisotopic (exact) mass is 260 g/mol. The Hall–Kier alpha value is -1.02. The number of nitrogens with zero attached hydrogens (tertiary/aromatic N) is 1. The predicted octanol–water partition coefficient (Wildman–Crippen LogP) is 3.47. The molecule has 2 nitrogen and oxygen atoms in total. The number of aryl methyl sites for hydroxylation is 1. The minimum atomic E-state index is 0.722. The first-order valence-electron chi connectivity index (χ1n) is 7.84. The van der Waals surface area contributed by atoms with Gasteiger partial charge < -0.3 is 10.2 Å². The summed E-state index contributed by atoms with van der Waals surface area (Å²) < 4.78 is 0. The van der Waals surface area contributed by atoms with Crippen LogP contribution in [0.25, 0.3) is 0 Å². The molecule has 0 aliphatic carbocycles. The normalized spacial score (nSPS) is 20.9. The largest absolute Gasteiger partial charge is 0.371 e. The van der Waals surface area contributed by atoms with E-state index in [1.807, 2.05) is 0 Å². The summed E-state index contributed by atoms with van der Waals surface area (Å²) in [6.45, 7) is 9.22. The average molecular weight is 260 g/mol. The highest BCUT2D eigenvalue weighted by atomic mass is 15.1. The van der Waals surface area contributed by atoms with Gasteiger partial charge in [-0.2, -0.15) is 0 Å². The van der Waals surface area contributed by atoms with Crippen molar-refractivity contribution in [2.45, 2.75) is 39.5 Å². The summed E-state index contributed by atoms with van der Waals surface area (Å²) in [5.74, 6) is 0.722. The fourth-order valence-corrected chi connectivity index (χ4v) is 2.76. The van der Waals surface area contributed by atoms with E-state index in [1.165, 1.54) is 50.0 Å². The first-order chi connectivity index (χ1) is 9.29. The van der Waals surface area contributed by atoms with Crippen LogP contribution in [-0.4, -0.2) is 26.2 Å². The maximum absolute atomic E-state index is 3.51. The Kier molecular flexibility index (Phi) is 5.71. The van der Waals surface area contributed by atoms with Gasteiger partial charge in [0.05, 0.1) is 0 Å². The fraction of sp³-hybridized carbons (Fsp3) is 0.647. The third-order valence-corrected chi connectivity index (χ3v) is 3.93. The number of hydrogen-bond donors (Lipinski definition) is 1. The number of nitrogens with one attached hydrogen (secondary N) is 1. The number of anilines is 1. The molecule has 1 aliphatic rings. The summed E-state index contributed by atoms with van der Waals surface area (Å²) >= 11 is 0. The molecule has 2 rings (SSSR count). The van der Waals surface area contributed by atoms with E-state index in [2.05, 4.69) is 48.3 Å². The average Bonchev–Trinajstić information content (AvgIpc) is 2.41. The zero-order valence-electron chi connectivity index (χ0n) is 12.5. The predicted molar refractivity (Wildman–Crippen MR) is 83.9 cm³/mol. The van der Waals surface area contributed by atoms with E-state index in [0.717, 1.165) is 19.0 Å². The van der Waals surface area contributed by atoms with Gasteiger partial charge in [-0.15, -0.1) is 0 Å². The minimum Gasteiger partial charge on any atom is -0.371 e. The van der Waals surface area contributed by atoms with Crippen molar-refractivity contribution in [1.82, 2.24) is 5.32 Å². The Balaban J connectivity index is 1.98. The summed E-state index contributed by atoms with van der Waals surface area (Å²) in [4.78, 5) is 2.55. The minimum absolute atomic E-state index is 0.722. The Morgan fingerprint density at radius 2 is 2.05 bits per heavy atom. The van der Waals surface area contributed by atoms with Gasteiger partial charge in [0.15, 0.2) is 0 Å². The molecular weight excluding hydrogens is 232 g/mol. The molecule has 106 valence electrons. The molecule has 19 heavy (non-hydrogen) atoms. The van der Waals surface area contributed by atoms with Crippen molar-refractivity contribution in [3.8, 4) is 0 Å². The van der Waals surface area contributed by atoms with Gasteiger partial charge in [-0.05, 0) is 56.0 Å². The Labute approximate surface area is 118 Å². The second-order valence-electron chi connectivity index (χ2n) is 5.88. The third-order valence-electron chi connectivity index (χ3n) is 3.93. The molecule has 2 heteroatoms. The van der Waals surface area contributed by atoms with E-state index in [0.29, 0.717) is 0 Å². The zero-order chi connectivity index (χ0) is 13.5. The van der Waals surface area contributed by atoms with E-state index < -0.39 is 0 Å². The molecule has 1 fully saturated rings. The first kappa shape index (κ1) is 14.4. The van der Waals surface area contributed by atoms with Gasteiger partial charge in [-0.3, -0.25) is 0 Å². The lowest BCUT2D eigenvalue weighted by Gasteiger charge is -2.30. The molecule has 1 aromatic rings.